The predicted molar refractivity (Wildman–Crippen MR) is 77.2 cm³/mol. The molecule has 1 saturated heterocycles. The van der Waals surface area contributed by atoms with Gasteiger partial charge in [-0.05, 0) is 66.2 Å². The maximum Gasteiger partial charge on any atom is 0.323 e. The van der Waals surface area contributed by atoms with Crippen LogP contribution in [0.15, 0.2) is 0 Å². The minimum Gasteiger partial charge on any atom is -0.480 e. The van der Waals surface area contributed by atoms with E-state index in [1.807, 2.05) is 0 Å². The summed E-state index contributed by atoms with van der Waals surface area (Å²) in [5.74, 6) is -0.909. The van der Waals surface area contributed by atoms with Crippen molar-refractivity contribution >= 4 is 5.97 Å². The van der Waals surface area contributed by atoms with Crippen molar-refractivity contribution in [1.82, 2.24) is 9.80 Å². The summed E-state index contributed by atoms with van der Waals surface area (Å²) in [6, 6.07) is 0.684. The molecule has 0 aromatic carbocycles. The number of aliphatic carboxylic acids is 1. The van der Waals surface area contributed by atoms with E-state index in [1.54, 1.807) is 6.92 Å². The predicted octanol–water partition coefficient (Wildman–Crippen LogP) is 0.985. The average Bonchev–Trinajstić information content (AvgIpc) is 2.70. The zero-order valence-electron chi connectivity index (χ0n) is 12.6. The van der Waals surface area contributed by atoms with Gasteiger partial charge in [0.2, 0.25) is 0 Å². The van der Waals surface area contributed by atoms with Crippen molar-refractivity contribution in [3.63, 3.8) is 0 Å². The molecule has 2 unspecified atom stereocenters. The third-order valence-corrected chi connectivity index (χ3v) is 4.17. The van der Waals surface area contributed by atoms with Gasteiger partial charge in [-0.25, -0.2) is 0 Å². The van der Waals surface area contributed by atoms with Gasteiger partial charge in [-0.1, -0.05) is 0 Å². The van der Waals surface area contributed by atoms with Gasteiger partial charge in [0.15, 0.2) is 0 Å². The molecular weight excluding hydrogens is 242 g/mol. The summed E-state index contributed by atoms with van der Waals surface area (Å²) in [5, 5.41) is 8.93. The maximum atomic E-state index is 10.9. The Morgan fingerprint density at radius 2 is 2.21 bits per heavy atom. The fourth-order valence-corrected chi connectivity index (χ4v) is 2.64. The van der Waals surface area contributed by atoms with Crippen LogP contribution >= 0.6 is 0 Å². The molecule has 1 fully saturated rings. The molecule has 0 radical (unpaired) electrons. The SMILES string of the molecule is CN(CCCCC(C)(N)C(=O)O)CC1CCCN1C. The van der Waals surface area contributed by atoms with Crippen molar-refractivity contribution in [2.24, 2.45) is 5.73 Å². The lowest BCUT2D eigenvalue weighted by Crippen LogP contribution is -2.44. The summed E-state index contributed by atoms with van der Waals surface area (Å²) in [5.41, 5.74) is 4.63. The molecule has 0 aromatic rings. The molecule has 0 aromatic heterocycles. The number of hydrogen-bond donors (Lipinski definition) is 2. The van der Waals surface area contributed by atoms with Crippen molar-refractivity contribution < 1.29 is 9.90 Å². The second-order valence-corrected chi connectivity index (χ2v) is 6.22. The molecule has 19 heavy (non-hydrogen) atoms. The standard InChI is InChI=1S/C14H29N3O2/c1-14(15,13(18)19)8-4-5-9-16(2)11-12-7-6-10-17(12)3/h12H,4-11,15H2,1-3H3,(H,18,19). The molecule has 3 N–H and O–H groups in total. The van der Waals surface area contributed by atoms with Crippen LogP contribution in [0.5, 0.6) is 0 Å². The number of likely N-dealkylation sites (tertiary alicyclic amines) is 1. The van der Waals surface area contributed by atoms with Gasteiger partial charge in [0, 0.05) is 12.6 Å². The third-order valence-electron chi connectivity index (χ3n) is 4.17. The van der Waals surface area contributed by atoms with E-state index in [0.29, 0.717) is 12.5 Å². The van der Waals surface area contributed by atoms with Gasteiger partial charge < -0.3 is 20.6 Å². The highest BCUT2D eigenvalue weighted by Crippen LogP contribution is 2.16. The number of nitrogens with two attached hydrogens (primary N) is 1. The van der Waals surface area contributed by atoms with E-state index in [2.05, 4.69) is 23.9 Å². The van der Waals surface area contributed by atoms with E-state index in [1.165, 1.54) is 19.4 Å². The zero-order valence-corrected chi connectivity index (χ0v) is 12.6. The summed E-state index contributed by atoms with van der Waals surface area (Å²) in [6.45, 7) is 4.92. The lowest BCUT2D eigenvalue weighted by atomic mass is 9.96. The van der Waals surface area contributed by atoms with Gasteiger partial charge >= 0.3 is 5.97 Å². The van der Waals surface area contributed by atoms with Crippen molar-refractivity contribution in [2.75, 3.05) is 33.7 Å². The number of likely N-dealkylation sites (N-methyl/N-ethyl adjacent to an activating group) is 2. The first-order valence-corrected chi connectivity index (χ1v) is 7.24. The molecule has 2 atom stereocenters. The highest BCUT2D eigenvalue weighted by Gasteiger charge is 2.27. The molecule has 5 nitrogen and oxygen atoms in total. The lowest BCUT2D eigenvalue weighted by molar-refractivity contribution is -0.142. The van der Waals surface area contributed by atoms with Gasteiger partial charge in [0.25, 0.3) is 0 Å². The maximum absolute atomic E-state index is 10.9. The number of rotatable bonds is 8. The van der Waals surface area contributed by atoms with Crippen LogP contribution in [0.1, 0.15) is 39.0 Å². The molecule has 112 valence electrons. The van der Waals surface area contributed by atoms with Gasteiger partial charge in [0.1, 0.15) is 5.54 Å². The normalized spacial score (nSPS) is 23.7. The Morgan fingerprint density at radius 1 is 1.53 bits per heavy atom. The third kappa shape index (κ3) is 5.47. The molecule has 0 saturated carbocycles. The molecule has 1 heterocycles. The van der Waals surface area contributed by atoms with Crippen LogP contribution in [0, 0.1) is 0 Å². The number of carboxylic acid groups (broad SMARTS) is 1. The second kappa shape index (κ2) is 7.22. The fraction of sp³-hybridized carbons (Fsp3) is 0.929. The van der Waals surface area contributed by atoms with Gasteiger partial charge in [-0.15, -0.1) is 0 Å². The first kappa shape index (κ1) is 16.4. The van der Waals surface area contributed by atoms with Crippen LogP contribution in [-0.4, -0.2) is 66.2 Å². The van der Waals surface area contributed by atoms with Crippen LogP contribution in [0.25, 0.3) is 0 Å². The van der Waals surface area contributed by atoms with E-state index in [0.717, 1.165) is 25.9 Å². The van der Waals surface area contributed by atoms with Crippen LogP contribution in [-0.2, 0) is 4.79 Å². The van der Waals surface area contributed by atoms with Crippen LogP contribution < -0.4 is 5.73 Å². The highest BCUT2D eigenvalue weighted by atomic mass is 16.4. The number of unbranched alkanes of at least 4 members (excludes halogenated alkanes) is 1. The quantitative estimate of drug-likeness (QED) is 0.644. The average molecular weight is 271 g/mol. The Labute approximate surface area is 116 Å². The Balaban J connectivity index is 2.13. The van der Waals surface area contributed by atoms with Crippen molar-refractivity contribution in [2.45, 2.75) is 50.6 Å². The smallest absolute Gasteiger partial charge is 0.323 e. The fourth-order valence-electron chi connectivity index (χ4n) is 2.64. The van der Waals surface area contributed by atoms with Crippen molar-refractivity contribution in [1.29, 1.82) is 0 Å². The van der Waals surface area contributed by atoms with E-state index in [-0.39, 0.29) is 0 Å². The van der Waals surface area contributed by atoms with E-state index in [4.69, 9.17) is 10.8 Å². The topological polar surface area (TPSA) is 69.8 Å². The number of carbonyl (C=O) groups is 1. The number of hydrogen-bond acceptors (Lipinski definition) is 4. The molecule has 0 bridgehead atoms. The first-order chi connectivity index (χ1) is 8.83. The Morgan fingerprint density at radius 3 is 2.74 bits per heavy atom. The molecule has 1 aliphatic heterocycles. The van der Waals surface area contributed by atoms with Crippen LogP contribution in [0.2, 0.25) is 0 Å². The van der Waals surface area contributed by atoms with E-state index >= 15 is 0 Å². The monoisotopic (exact) mass is 271 g/mol. The number of nitrogens with zero attached hydrogens (tertiary/aromatic N) is 2. The molecular formula is C14H29N3O2. The first-order valence-electron chi connectivity index (χ1n) is 7.24. The van der Waals surface area contributed by atoms with Crippen LogP contribution in [0.4, 0.5) is 0 Å². The van der Waals surface area contributed by atoms with Crippen molar-refractivity contribution in [3.05, 3.63) is 0 Å². The van der Waals surface area contributed by atoms with E-state index in [9.17, 15) is 4.79 Å². The molecule has 0 spiro atoms. The molecule has 5 heteroatoms. The number of carboxylic acids is 1. The largest absolute Gasteiger partial charge is 0.480 e. The van der Waals surface area contributed by atoms with E-state index < -0.39 is 11.5 Å². The molecule has 0 amide bonds. The lowest BCUT2D eigenvalue weighted by Gasteiger charge is -2.26. The van der Waals surface area contributed by atoms with Crippen molar-refractivity contribution in [3.8, 4) is 0 Å². The Bertz CT molecular complexity index is 294. The van der Waals surface area contributed by atoms with Crippen LogP contribution in [0.3, 0.4) is 0 Å². The van der Waals surface area contributed by atoms with Gasteiger partial charge in [-0.3, -0.25) is 4.79 Å². The Kier molecular flexibility index (Phi) is 6.23. The summed E-state index contributed by atoms with van der Waals surface area (Å²) in [6.07, 6.45) is 5.01. The second-order valence-electron chi connectivity index (χ2n) is 6.22. The molecule has 0 aliphatic carbocycles. The summed E-state index contributed by atoms with van der Waals surface area (Å²) >= 11 is 0. The molecule has 1 aliphatic rings. The zero-order chi connectivity index (χ0) is 14.5. The Hall–Kier alpha value is -0.650. The summed E-state index contributed by atoms with van der Waals surface area (Å²) in [4.78, 5) is 15.7. The van der Waals surface area contributed by atoms with Gasteiger partial charge in [0.05, 0.1) is 0 Å². The summed E-state index contributed by atoms with van der Waals surface area (Å²) in [7, 11) is 4.34. The minimum absolute atomic E-state index is 0.541. The van der Waals surface area contributed by atoms with Gasteiger partial charge in [-0.2, -0.15) is 0 Å². The minimum atomic E-state index is -1.08. The highest BCUT2D eigenvalue weighted by molar-refractivity contribution is 5.77. The summed E-state index contributed by atoms with van der Waals surface area (Å²) < 4.78 is 0. The molecule has 1 rings (SSSR count).